The molecule has 0 heterocycles. The third kappa shape index (κ3) is 236. The fourth-order valence-corrected chi connectivity index (χ4v) is 0. The van der Waals surface area contributed by atoms with Crippen LogP contribution in [0.4, 0.5) is 15.2 Å². The average molecular weight is 179 g/mol. The molecule has 0 saturated heterocycles. The van der Waals surface area contributed by atoms with Crippen LogP contribution >= 0.6 is 0 Å². The van der Waals surface area contributed by atoms with Crippen molar-refractivity contribution in [3.63, 3.8) is 0 Å². The van der Waals surface area contributed by atoms with Crippen molar-refractivity contribution in [2.75, 3.05) is 0 Å². The molecule has 0 aromatic rings. The Morgan fingerprint density at radius 3 is 1.17 bits per heavy atom. The van der Waals surface area contributed by atoms with Gasteiger partial charge in [-0.2, -0.15) is 0 Å². The zero-order chi connectivity index (χ0) is 5.41. The van der Waals surface area contributed by atoms with E-state index in [0.29, 0.717) is 0 Å². The molecule has 0 aliphatic rings. The number of hydrogen-bond acceptors (Lipinski definition) is 0. The Hall–Kier alpha value is 0.480. The van der Waals surface area contributed by atoms with Gasteiger partial charge in [-0.25, -0.2) is 0 Å². The summed E-state index contributed by atoms with van der Waals surface area (Å²) in [7, 11) is -2.25. The molecule has 38 valence electrons. The van der Waals surface area contributed by atoms with E-state index in [4.69, 9.17) is 0 Å². The molecule has 0 fully saturated rings. The minimum absolute atomic E-state index is 2.25. The van der Waals surface area contributed by atoms with Crippen LogP contribution in [-0.2, 0) is 0 Å². The van der Waals surface area contributed by atoms with Gasteiger partial charge >= 0.3 is 33.5 Å². The van der Waals surface area contributed by atoms with Crippen molar-refractivity contribution in [2.24, 2.45) is 0 Å². The van der Waals surface area contributed by atoms with E-state index in [1.165, 1.54) is 0 Å². The first-order valence-corrected chi connectivity index (χ1v) is 3.58. The van der Waals surface area contributed by atoms with E-state index in [2.05, 4.69) is 0 Å². The molecule has 0 aliphatic heterocycles. The van der Waals surface area contributed by atoms with Crippen LogP contribution in [0.2, 0.25) is 0 Å². The molecule has 0 unspecified atom stereocenters. The van der Waals surface area contributed by atoms with Gasteiger partial charge in [0.15, 0.2) is 0 Å². The predicted molar refractivity (Wildman–Crippen MR) is 18.7 cm³/mol. The molecule has 0 aliphatic carbocycles. The van der Waals surface area contributed by atoms with Crippen LogP contribution in [-0.4, -0.2) is 26.5 Å². The molecule has 2 radical (unpaired) electrons. The van der Waals surface area contributed by atoms with Crippen molar-refractivity contribution in [1.82, 2.24) is 0 Å². The summed E-state index contributed by atoms with van der Waals surface area (Å²) in [5.74, 6) is 0. The first kappa shape index (κ1) is 9.70. The molecule has 0 nitrogen and oxygen atoms in total. The molecule has 0 aromatic heterocycles. The molecular weight excluding hydrogens is 177 g/mol. The second kappa shape index (κ2) is 17.9. The first-order chi connectivity index (χ1) is 2.83. The van der Waals surface area contributed by atoms with Gasteiger partial charge in [0, 0.05) is 0 Å². The third-order valence-electron chi connectivity index (χ3n) is 0. The molecule has 6 heavy (non-hydrogen) atoms. The summed E-state index contributed by atoms with van der Waals surface area (Å²) in [5, 5.41) is 0. The number of halogens is 4. The summed E-state index contributed by atoms with van der Waals surface area (Å²) >= 11 is -2.69. The maximum atomic E-state index is 9.78. The molecule has 0 amide bonds. The number of rotatable bonds is 0. The molecule has 0 atom stereocenters. The summed E-state index contributed by atoms with van der Waals surface area (Å²) in [5.41, 5.74) is 0. The minimum atomic E-state index is -2.69. The van der Waals surface area contributed by atoms with Crippen molar-refractivity contribution < 1.29 is 15.2 Å². The van der Waals surface area contributed by atoms with Gasteiger partial charge < -0.3 is 0 Å². The second-order valence-corrected chi connectivity index (χ2v) is 0.676. The molecular formula is H2F4GeSi. The molecule has 0 saturated carbocycles. The van der Waals surface area contributed by atoms with Gasteiger partial charge in [-0.1, -0.05) is 0 Å². The summed E-state index contributed by atoms with van der Waals surface area (Å²) in [6.45, 7) is 0. The summed E-state index contributed by atoms with van der Waals surface area (Å²) < 4.78 is 39.0. The topological polar surface area (TPSA) is 0 Å². The Kier molecular flexibility index (Phi) is 28.9. The van der Waals surface area contributed by atoms with E-state index in [1.807, 2.05) is 0 Å². The Morgan fingerprint density at radius 1 is 1.17 bits per heavy atom. The molecule has 0 spiro atoms. The molecule has 0 aromatic carbocycles. The van der Waals surface area contributed by atoms with Gasteiger partial charge in [-0.3, -0.25) is 8.22 Å². The summed E-state index contributed by atoms with van der Waals surface area (Å²) in [6.07, 6.45) is 0. The third-order valence-corrected chi connectivity index (χ3v) is 0. The average Bonchev–Trinajstić information content (AvgIpc) is 1.39. The quantitative estimate of drug-likeness (QED) is 0.286. The van der Waals surface area contributed by atoms with E-state index in [-0.39, 0.29) is 0 Å². The van der Waals surface area contributed by atoms with Crippen LogP contribution in [0.5, 0.6) is 0 Å². The molecule has 0 bridgehead atoms. The van der Waals surface area contributed by atoms with E-state index in [1.54, 1.807) is 0 Å². The zero-order valence-electron chi connectivity index (χ0n) is 2.67. The van der Waals surface area contributed by atoms with Crippen molar-refractivity contribution >= 4 is 26.5 Å². The van der Waals surface area contributed by atoms with Gasteiger partial charge in [-0.15, -0.1) is 0 Å². The van der Waals surface area contributed by atoms with Gasteiger partial charge in [0.25, 0.3) is 0 Å². The van der Waals surface area contributed by atoms with Gasteiger partial charge in [-0.05, 0) is 0 Å². The molecule has 6 heteroatoms. The predicted octanol–water partition coefficient (Wildman–Crippen LogP) is 0.384. The molecule has 0 N–H and O–H groups in total. The first-order valence-electron chi connectivity index (χ1n) is 0.873. The van der Waals surface area contributed by atoms with Crippen LogP contribution in [0.3, 0.4) is 0 Å². The zero-order valence-corrected chi connectivity index (χ0v) is 6.24. The van der Waals surface area contributed by atoms with E-state index in [9.17, 15) is 15.2 Å². The van der Waals surface area contributed by atoms with Crippen molar-refractivity contribution in [3.05, 3.63) is 0 Å². The summed E-state index contributed by atoms with van der Waals surface area (Å²) in [4.78, 5) is 0. The second-order valence-electron chi connectivity index (χ2n) is 0.165. The van der Waals surface area contributed by atoms with Crippen molar-refractivity contribution in [3.8, 4) is 0 Å². The van der Waals surface area contributed by atoms with Crippen molar-refractivity contribution in [1.29, 1.82) is 0 Å². The summed E-state index contributed by atoms with van der Waals surface area (Å²) in [6, 6.07) is 0. The number of hydrogen-bond donors (Lipinski definition) is 0. The maximum absolute atomic E-state index is 9.78. The van der Waals surface area contributed by atoms with Crippen LogP contribution in [0.25, 0.3) is 0 Å². The van der Waals surface area contributed by atoms with E-state index < -0.39 is 26.5 Å². The van der Waals surface area contributed by atoms with Gasteiger partial charge in [0.1, 0.15) is 0 Å². The standard InChI is InChI=1S/F2GeH.F2HSi/c2*1-3-2/h2*3H. The van der Waals surface area contributed by atoms with Crippen molar-refractivity contribution in [2.45, 2.75) is 0 Å². The van der Waals surface area contributed by atoms with E-state index in [0.717, 1.165) is 0 Å². The van der Waals surface area contributed by atoms with Crippen LogP contribution in [0, 0.1) is 0 Å². The van der Waals surface area contributed by atoms with Gasteiger partial charge in [0.05, 0.1) is 0 Å². The Bertz CT molecular complexity index is 9.51. The fraction of sp³-hybridized carbons (Fsp3) is 0. The SMILES string of the molecule is F[SiH]F.[F][GeH][F]. The van der Waals surface area contributed by atoms with Gasteiger partial charge in [0.2, 0.25) is 0 Å². The fourth-order valence-electron chi connectivity index (χ4n) is 0. The Labute approximate surface area is 42.5 Å². The monoisotopic (exact) mass is 180 g/mol. The Balaban J connectivity index is 0. The normalized spacial score (nSPS) is 6.00. The molecule has 0 rings (SSSR count). The van der Waals surface area contributed by atoms with Crippen LogP contribution in [0.1, 0.15) is 0 Å². The Morgan fingerprint density at radius 2 is 1.17 bits per heavy atom. The van der Waals surface area contributed by atoms with E-state index >= 15 is 0 Å². The van der Waals surface area contributed by atoms with Crippen LogP contribution in [0.15, 0.2) is 0 Å². The van der Waals surface area contributed by atoms with Crippen LogP contribution < -0.4 is 0 Å².